The Morgan fingerprint density at radius 3 is 2.38 bits per heavy atom. The van der Waals surface area contributed by atoms with E-state index in [0.717, 1.165) is 32.1 Å². The van der Waals surface area contributed by atoms with Crippen LogP contribution in [0.2, 0.25) is 5.02 Å². The van der Waals surface area contributed by atoms with Gasteiger partial charge in [-0.2, -0.15) is 0 Å². The highest BCUT2D eigenvalue weighted by Gasteiger charge is 2.11. The molecule has 0 aliphatic carbocycles. The lowest BCUT2D eigenvalue weighted by molar-refractivity contribution is 0.356. The third kappa shape index (κ3) is 4.26. The number of pyridine rings is 1. The zero-order valence-corrected chi connectivity index (χ0v) is 17.6. The van der Waals surface area contributed by atoms with Gasteiger partial charge < -0.3 is 14.8 Å². The molecule has 0 atom stereocenters. The van der Waals surface area contributed by atoms with Crippen LogP contribution in [0.5, 0.6) is 11.5 Å². The van der Waals surface area contributed by atoms with E-state index in [1.54, 1.807) is 32.2 Å². The van der Waals surface area contributed by atoms with Crippen LogP contribution >= 0.6 is 23.4 Å². The summed E-state index contributed by atoms with van der Waals surface area (Å²) >= 11 is 8.18. The van der Waals surface area contributed by atoms with E-state index in [0.29, 0.717) is 16.5 Å². The van der Waals surface area contributed by atoms with E-state index >= 15 is 0 Å². The van der Waals surface area contributed by atoms with Crippen molar-refractivity contribution in [1.29, 1.82) is 0 Å². The van der Waals surface area contributed by atoms with Crippen molar-refractivity contribution in [1.82, 2.24) is 4.98 Å². The van der Waals surface area contributed by atoms with E-state index in [9.17, 15) is 0 Å². The molecular formula is C23H19ClN2O2S. The molecule has 0 fully saturated rings. The van der Waals surface area contributed by atoms with Gasteiger partial charge in [0.05, 0.1) is 24.8 Å². The molecule has 1 N–H and O–H groups in total. The summed E-state index contributed by atoms with van der Waals surface area (Å²) in [7, 11) is 3.23. The third-order valence-electron chi connectivity index (χ3n) is 4.43. The first-order valence-corrected chi connectivity index (χ1v) is 10.2. The van der Waals surface area contributed by atoms with Crippen molar-refractivity contribution in [2.45, 2.75) is 9.79 Å². The van der Waals surface area contributed by atoms with E-state index in [1.807, 2.05) is 54.6 Å². The molecule has 6 heteroatoms. The molecule has 146 valence electrons. The van der Waals surface area contributed by atoms with Gasteiger partial charge in [-0.3, -0.25) is 4.98 Å². The minimum atomic E-state index is 0.648. The predicted octanol–water partition coefficient (Wildman–Crippen LogP) is 6.80. The molecule has 0 amide bonds. The maximum atomic E-state index is 6.54. The van der Waals surface area contributed by atoms with Crippen LogP contribution in [0.15, 0.2) is 82.7 Å². The minimum Gasteiger partial charge on any atom is -0.493 e. The highest BCUT2D eigenvalue weighted by molar-refractivity contribution is 7.99. The van der Waals surface area contributed by atoms with Crippen molar-refractivity contribution in [3.8, 4) is 11.5 Å². The number of hydrogen-bond donors (Lipinski definition) is 1. The van der Waals surface area contributed by atoms with Gasteiger partial charge in [-0.05, 0) is 42.5 Å². The van der Waals surface area contributed by atoms with Crippen LogP contribution in [-0.4, -0.2) is 19.2 Å². The maximum Gasteiger partial charge on any atom is 0.162 e. The Hall–Kier alpha value is -2.89. The maximum absolute atomic E-state index is 6.54. The number of fused-ring (bicyclic) bond motifs is 1. The number of nitrogens with one attached hydrogen (secondary N) is 1. The molecule has 0 spiro atoms. The summed E-state index contributed by atoms with van der Waals surface area (Å²) in [5, 5.41) is 5.07. The van der Waals surface area contributed by atoms with E-state index in [1.165, 1.54) is 0 Å². The predicted molar refractivity (Wildman–Crippen MR) is 120 cm³/mol. The second kappa shape index (κ2) is 8.64. The summed E-state index contributed by atoms with van der Waals surface area (Å²) in [6, 6.07) is 21.9. The first-order chi connectivity index (χ1) is 14.2. The Balaban J connectivity index is 1.64. The van der Waals surface area contributed by atoms with Gasteiger partial charge >= 0.3 is 0 Å². The smallest absolute Gasteiger partial charge is 0.162 e. The molecule has 29 heavy (non-hydrogen) atoms. The Kier molecular flexibility index (Phi) is 5.79. The van der Waals surface area contributed by atoms with Gasteiger partial charge in [0.15, 0.2) is 11.5 Å². The van der Waals surface area contributed by atoms with Gasteiger partial charge in [-0.1, -0.05) is 41.6 Å². The fourth-order valence-corrected chi connectivity index (χ4v) is 4.15. The highest BCUT2D eigenvalue weighted by atomic mass is 35.5. The molecule has 1 aromatic heterocycles. The van der Waals surface area contributed by atoms with Crippen molar-refractivity contribution in [2.24, 2.45) is 0 Å². The van der Waals surface area contributed by atoms with Crippen molar-refractivity contribution < 1.29 is 9.47 Å². The second-order valence-corrected chi connectivity index (χ2v) is 7.79. The summed E-state index contributed by atoms with van der Waals surface area (Å²) in [6.07, 6.45) is 1.76. The molecule has 0 saturated carbocycles. The number of aromatic nitrogens is 1. The van der Waals surface area contributed by atoms with Crippen LogP contribution in [0.4, 0.5) is 11.4 Å². The van der Waals surface area contributed by atoms with E-state index in [2.05, 4.69) is 22.4 Å². The fraction of sp³-hybridized carbons (Fsp3) is 0.0870. The van der Waals surface area contributed by atoms with Crippen LogP contribution in [-0.2, 0) is 0 Å². The fourth-order valence-electron chi connectivity index (χ4n) is 3.01. The number of hydrogen-bond acceptors (Lipinski definition) is 5. The molecule has 1 heterocycles. The number of rotatable bonds is 6. The Morgan fingerprint density at radius 2 is 1.66 bits per heavy atom. The lowest BCUT2D eigenvalue weighted by Gasteiger charge is -2.14. The molecule has 4 aromatic rings. The van der Waals surface area contributed by atoms with E-state index < -0.39 is 0 Å². The highest BCUT2D eigenvalue weighted by Crippen LogP contribution is 2.37. The monoisotopic (exact) mass is 422 g/mol. The minimum absolute atomic E-state index is 0.648. The molecule has 0 aliphatic heterocycles. The van der Waals surface area contributed by atoms with Crippen molar-refractivity contribution >= 4 is 45.6 Å². The average molecular weight is 423 g/mol. The largest absolute Gasteiger partial charge is 0.493 e. The van der Waals surface area contributed by atoms with Crippen LogP contribution in [0.3, 0.4) is 0 Å². The first kappa shape index (κ1) is 19.4. The van der Waals surface area contributed by atoms with Gasteiger partial charge in [-0.25, -0.2) is 0 Å². The van der Waals surface area contributed by atoms with Gasteiger partial charge in [0.25, 0.3) is 0 Å². The third-order valence-corrected chi connectivity index (χ3v) is 5.94. The summed E-state index contributed by atoms with van der Waals surface area (Å²) in [5.41, 5.74) is 2.63. The first-order valence-electron chi connectivity index (χ1n) is 8.98. The van der Waals surface area contributed by atoms with Crippen LogP contribution in [0, 0.1) is 0 Å². The Bertz CT molecular complexity index is 1150. The second-order valence-electron chi connectivity index (χ2n) is 6.27. The van der Waals surface area contributed by atoms with Gasteiger partial charge in [0, 0.05) is 38.8 Å². The van der Waals surface area contributed by atoms with Gasteiger partial charge in [0.1, 0.15) is 0 Å². The molecule has 0 unspecified atom stereocenters. The summed E-state index contributed by atoms with van der Waals surface area (Å²) < 4.78 is 10.8. The molecule has 0 bridgehead atoms. The van der Waals surface area contributed by atoms with Crippen molar-refractivity contribution in [2.75, 3.05) is 19.5 Å². The molecule has 4 rings (SSSR count). The molecule has 4 nitrogen and oxygen atoms in total. The zero-order valence-electron chi connectivity index (χ0n) is 16.0. The van der Waals surface area contributed by atoms with Crippen molar-refractivity contribution in [3.63, 3.8) is 0 Å². The molecular weight excluding hydrogens is 404 g/mol. The standard InChI is InChI=1S/C23H19ClN2O2S/c1-27-21-13-17-19(10-11-25-20(17)14-22(21)28-2)26-15-8-9-23(18(24)12-15)29-16-6-4-3-5-7-16/h3-14H,1-2H3,(H,25,26). The summed E-state index contributed by atoms with van der Waals surface area (Å²) in [4.78, 5) is 6.60. The molecule has 0 radical (unpaired) electrons. The number of benzene rings is 3. The lowest BCUT2D eigenvalue weighted by Crippen LogP contribution is -1.95. The van der Waals surface area contributed by atoms with Crippen LogP contribution in [0.1, 0.15) is 0 Å². The van der Waals surface area contributed by atoms with Gasteiger partial charge in [0.2, 0.25) is 0 Å². The zero-order chi connectivity index (χ0) is 20.2. The quantitative estimate of drug-likeness (QED) is 0.370. The van der Waals surface area contributed by atoms with Crippen LogP contribution < -0.4 is 14.8 Å². The molecule has 0 aliphatic rings. The topological polar surface area (TPSA) is 43.4 Å². The van der Waals surface area contributed by atoms with E-state index in [4.69, 9.17) is 21.1 Å². The molecule has 0 saturated heterocycles. The lowest BCUT2D eigenvalue weighted by atomic mass is 10.1. The van der Waals surface area contributed by atoms with Crippen LogP contribution in [0.25, 0.3) is 10.9 Å². The number of ether oxygens (including phenoxy) is 2. The normalized spacial score (nSPS) is 10.7. The Morgan fingerprint density at radius 1 is 0.897 bits per heavy atom. The van der Waals surface area contributed by atoms with E-state index in [-0.39, 0.29) is 0 Å². The summed E-state index contributed by atoms with van der Waals surface area (Å²) in [6.45, 7) is 0. The van der Waals surface area contributed by atoms with Crippen molar-refractivity contribution in [3.05, 3.63) is 77.9 Å². The Labute approximate surface area is 178 Å². The SMILES string of the molecule is COc1cc2nccc(Nc3ccc(Sc4ccccc4)c(Cl)c3)c2cc1OC. The number of methoxy groups -OCH3 is 2. The number of anilines is 2. The summed E-state index contributed by atoms with van der Waals surface area (Å²) in [5.74, 6) is 1.30. The average Bonchev–Trinajstić information content (AvgIpc) is 2.75. The van der Waals surface area contributed by atoms with Gasteiger partial charge in [-0.15, -0.1) is 0 Å². The number of halogens is 1. The number of nitrogens with zero attached hydrogens (tertiary/aromatic N) is 1. The molecule has 3 aromatic carbocycles.